The molecule has 140 valence electrons. The molecule has 1 aromatic heterocycles. The van der Waals surface area contributed by atoms with E-state index in [1.807, 2.05) is 20.8 Å². The van der Waals surface area contributed by atoms with Gasteiger partial charge >= 0.3 is 5.97 Å². The smallest absolute Gasteiger partial charge is 0.329 e. The van der Waals surface area contributed by atoms with E-state index in [-0.39, 0.29) is 12.5 Å². The summed E-state index contributed by atoms with van der Waals surface area (Å²) in [7, 11) is 0. The number of para-hydroxylation sites is 1. The van der Waals surface area contributed by atoms with Crippen LogP contribution in [0.25, 0.3) is 0 Å². The van der Waals surface area contributed by atoms with Crippen LogP contribution in [0.15, 0.2) is 24.3 Å². The molecular weight excluding hydrogens is 378 g/mol. The molecule has 2 rings (SSSR count). The Morgan fingerprint density at radius 2 is 2.04 bits per heavy atom. The highest BCUT2D eigenvalue weighted by Gasteiger charge is 2.27. The minimum absolute atomic E-state index is 0.0945. The van der Waals surface area contributed by atoms with E-state index in [9.17, 15) is 9.59 Å². The molecule has 0 bridgehead atoms. The van der Waals surface area contributed by atoms with E-state index in [0.717, 1.165) is 11.5 Å². The Bertz CT molecular complexity index is 766. The van der Waals surface area contributed by atoms with E-state index in [0.29, 0.717) is 28.0 Å². The van der Waals surface area contributed by atoms with Crippen molar-refractivity contribution in [2.75, 3.05) is 6.61 Å². The van der Waals surface area contributed by atoms with Crippen molar-refractivity contribution in [1.29, 1.82) is 0 Å². The average molecular weight is 398 g/mol. The second kappa shape index (κ2) is 9.49. The van der Waals surface area contributed by atoms with Crippen LogP contribution in [-0.4, -0.2) is 34.1 Å². The summed E-state index contributed by atoms with van der Waals surface area (Å²) in [6.45, 7) is 5.81. The van der Waals surface area contributed by atoms with Crippen LogP contribution in [0.2, 0.25) is 4.34 Å². The van der Waals surface area contributed by atoms with E-state index in [4.69, 9.17) is 21.1 Å². The van der Waals surface area contributed by atoms with Crippen LogP contribution in [0.3, 0.4) is 0 Å². The van der Waals surface area contributed by atoms with Gasteiger partial charge < -0.3 is 14.8 Å². The molecule has 0 spiro atoms. The minimum atomic E-state index is -0.817. The Hall–Kier alpha value is -2.19. The standard InChI is InChI=1S/C17H20ClN3O4S/c1-4-24-13-8-6-5-7-11(13)16(22)19-14(10(2)3)17(23)25-9-12-15(18)26-21-20-12/h5-8,10,14H,4,9H2,1-3H3,(H,19,22)/t14-/m1/s1. The minimum Gasteiger partial charge on any atom is -0.493 e. The topological polar surface area (TPSA) is 90.4 Å². The molecule has 2 aromatic rings. The first-order chi connectivity index (χ1) is 12.4. The summed E-state index contributed by atoms with van der Waals surface area (Å²) in [6.07, 6.45) is 0. The third-order valence-electron chi connectivity index (χ3n) is 3.50. The molecule has 0 fully saturated rings. The van der Waals surface area contributed by atoms with Crippen LogP contribution in [-0.2, 0) is 16.1 Å². The summed E-state index contributed by atoms with van der Waals surface area (Å²) in [5.41, 5.74) is 0.750. The van der Waals surface area contributed by atoms with Gasteiger partial charge in [0.05, 0.1) is 12.2 Å². The number of benzene rings is 1. The molecule has 1 N–H and O–H groups in total. The molecule has 1 atom stereocenters. The van der Waals surface area contributed by atoms with Gasteiger partial charge in [-0.25, -0.2) is 4.79 Å². The second-order valence-electron chi connectivity index (χ2n) is 5.73. The number of carbonyl (C=O) groups is 2. The number of rotatable bonds is 8. The van der Waals surface area contributed by atoms with Gasteiger partial charge in [0.2, 0.25) is 0 Å². The van der Waals surface area contributed by atoms with Crippen LogP contribution in [0.4, 0.5) is 0 Å². The van der Waals surface area contributed by atoms with Gasteiger partial charge in [0.25, 0.3) is 5.91 Å². The molecule has 1 heterocycles. The lowest BCUT2D eigenvalue weighted by atomic mass is 10.0. The van der Waals surface area contributed by atoms with Crippen molar-refractivity contribution in [2.45, 2.75) is 33.4 Å². The molecule has 1 aromatic carbocycles. The lowest BCUT2D eigenvalue weighted by molar-refractivity contribution is -0.148. The maximum atomic E-state index is 12.6. The van der Waals surface area contributed by atoms with E-state index < -0.39 is 17.9 Å². The lowest BCUT2D eigenvalue weighted by Crippen LogP contribution is -2.45. The van der Waals surface area contributed by atoms with Crippen molar-refractivity contribution in [2.24, 2.45) is 5.92 Å². The number of hydrogen-bond acceptors (Lipinski definition) is 7. The van der Waals surface area contributed by atoms with E-state index in [1.54, 1.807) is 24.3 Å². The zero-order chi connectivity index (χ0) is 19.1. The Kier molecular flexibility index (Phi) is 7.35. The van der Waals surface area contributed by atoms with Crippen LogP contribution in [0.1, 0.15) is 36.8 Å². The van der Waals surface area contributed by atoms with Crippen molar-refractivity contribution in [1.82, 2.24) is 14.9 Å². The van der Waals surface area contributed by atoms with Crippen LogP contribution < -0.4 is 10.1 Å². The fourth-order valence-corrected chi connectivity index (χ4v) is 2.77. The quantitative estimate of drug-likeness (QED) is 0.688. The van der Waals surface area contributed by atoms with Gasteiger partial charge in [0.15, 0.2) is 0 Å². The summed E-state index contributed by atoms with van der Waals surface area (Å²) in [5, 5.41) is 6.50. The maximum Gasteiger partial charge on any atom is 0.329 e. The number of esters is 1. The monoisotopic (exact) mass is 397 g/mol. The Labute approximate surface area is 160 Å². The van der Waals surface area contributed by atoms with Crippen molar-refractivity contribution in [3.8, 4) is 5.75 Å². The SMILES string of the molecule is CCOc1ccccc1C(=O)N[C@@H](C(=O)OCc1nnsc1Cl)C(C)C. The number of aromatic nitrogens is 2. The molecule has 0 aliphatic rings. The fraction of sp³-hybridized carbons (Fsp3) is 0.412. The normalized spacial score (nSPS) is 11.9. The fourth-order valence-electron chi connectivity index (χ4n) is 2.16. The molecular formula is C17H20ClN3O4S. The molecule has 0 unspecified atom stereocenters. The van der Waals surface area contributed by atoms with Gasteiger partial charge in [-0.2, -0.15) is 0 Å². The summed E-state index contributed by atoms with van der Waals surface area (Å²) in [4.78, 5) is 25.0. The number of halogens is 1. The molecule has 0 aliphatic carbocycles. The zero-order valence-electron chi connectivity index (χ0n) is 14.7. The Morgan fingerprint density at radius 3 is 2.65 bits per heavy atom. The first-order valence-electron chi connectivity index (χ1n) is 8.10. The molecule has 0 aliphatic heterocycles. The predicted molar refractivity (Wildman–Crippen MR) is 98.4 cm³/mol. The number of carbonyl (C=O) groups excluding carboxylic acids is 2. The molecule has 26 heavy (non-hydrogen) atoms. The highest BCUT2D eigenvalue weighted by Crippen LogP contribution is 2.20. The average Bonchev–Trinajstić information content (AvgIpc) is 3.03. The molecule has 7 nitrogen and oxygen atoms in total. The van der Waals surface area contributed by atoms with Crippen LogP contribution in [0.5, 0.6) is 5.75 Å². The van der Waals surface area contributed by atoms with Gasteiger partial charge in [-0.05, 0) is 25.0 Å². The number of amides is 1. The zero-order valence-corrected chi connectivity index (χ0v) is 16.3. The Balaban J connectivity index is 2.06. The Morgan fingerprint density at radius 1 is 1.31 bits per heavy atom. The number of nitrogens with zero attached hydrogens (tertiary/aromatic N) is 2. The maximum absolute atomic E-state index is 12.6. The first kappa shape index (κ1) is 20.1. The highest BCUT2D eigenvalue weighted by atomic mass is 35.5. The first-order valence-corrected chi connectivity index (χ1v) is 9.25. The van der Waals surface area contributed by atoms with Gasteiger partial charge in [-0.15, -0.1) is 5.10 Å². The number of ether oxygens (including phenoxy) is 2. The summed E-state index contributed by atoms with van der Waals surface area (Å²) >= 11 is 6.91. The highest BCUT2D eigenvalue weighted by molar-refractivity contribution is 7.10. The number of nitrogens with one attached hydrogen (secondary N) is 1. The van der Waals surface area contributed by atoms with Crippen molar-refractivity contribution in [3.05, 3.63) is 39.9 Å². The van der Waals surface area contributed by atoms with E-state index >= 15 is 0 Å². The predicted octanol–water partition coefficient (Wildman–Crippen LogP) is 3.09. The molecule has 1 amide bonds. The van der Waals surface area contributed by atoms with Gasteiger partial charge in [-0.1, -0.05) is 42.1 Å². The molecule has 9 heteroatoms. The summed E-state index contributed by atoms with van der Waals surface area (Å²) in [6, 6.07) is 6.05. The van der Waals surface area contributed by atoms with Gasteiger partial charge in [-0.3, -0.25) is 4.79 Å². The largest absolute Gasteiger partial charge is 0.493 e. The van der Waals surface area contributed by atoms with Crippen molar-refractivity contribution < 1.29 is 19.1 Å². The van der Waals surface area contributed by atoms with Crippen LogP contribution >= 0.6 is 23.1 Å². The van der Waals surface area contributed by atoms with Crippen molar-refractivity contribution >= 4 is 35.0 Å². The summed E-state index contributed by atoms with van der Waals surface area (Å²) in [5.74, 6) is -0.678. The van der Waals surface area contributed by atoms with Crippen LogP contribution in [0, 0.1) is 5.92 Å². The molecule has 0 radical (unpaired) electrons. The molecule has 0 saturated heterocycles. The second-order valence-corrected chi connectivity index (χ2v) is 7.08. The van der Waals surface area contributed by atoms with Crippen molar-refractivity contribution in [3.63, 3.8) is 0 Å². The van der Waals surface area contributed by atoms with E-state index in [1.165, 1.54) is 0 Å². The van der Waals surface area contributed by atoms with E-state index in [2.05, 4.69) is 14.9 Å². The number of hydrogen-bond donors (Lipinski definition) is 1. The van der Waals surface area contributed by atoms with Gasteiger partial charge in [0, 0.05) is 11.5 Å². The third-order valence-corrected chi connectivity index (χ3v) is 4.48. The summed E-state index contributed by atoms with van der Waals surface area (Å²) < 4.78 is 14.8. The lowest BCUT2D eigenvalue weighted by Gasteiger charge is -2.21. The third kappa shape index (κ3) is 5.15. The molecule has 0 saturated carbocycles. The van der Waals surface area contributed by atoms with Gasteiger partial charge in [0.1, 0.15) is 28.4 Å².